The highest BCUT2D eigenvalue weighted by Crippen LogP contribution is 2.39. The molecule has 1 aliphatic rings. The van der Waals surface area contributed by atoms with Crippen LogP contribution in [0, 0.1) is 11.7 Å². The van der Waals surface area contributed by atoms with Crippen LogP contribution in [0.1, 0.15) is 36.4 Å². The third-order valence-electron chi connectivity index (χ3n) is 3.35. The van der Waals surface area contributed by atoms with Crippen molar-refractivity contribution in [3.8, 4) is 0 Å². The molecule has 1 fully saturated rings. The number of nitrogens with two attached hydrogens (primary N) is 1. The molecule has 1 aliphatic carbocycles. The van der Waals surface area contributed by atoms with E-state index in [4.69, 9.17) is 5.73 Å². The van der Waals surface area contributed by atoms with E-state index in [-0.39, 0.29) is 11.5 Å². The first-order valence-electron chi connectivity index (χ1n) is 5.52. The molecule has 0 unspecified atom stereocenters. The van der Waals surface area contributed by atoms with Gasteiger partial charge in [0.2, 0.25) is 0 Å². The van der Waals surface area contributed by atoms with E-state index in [0.717, 1.165) is 25.3 Å². The molecule has 17 heavy (non-hydrogen) atoms. The lowest BCUT2D eigenvalue weighted by Crippen LogP contribution is -2.28. The van der Waals surface area contributed by atoms with E-state index in [1.165, 1.54) is 12.1 Å². The Morgan fingerprint density at radius 1 is 1.24 bits per heavy atom. The lowest BCUT2D eigenvalue weighted by molar-refractivity contribution is -0.140. The van der Waals surface area contributed by atoms with Gasteiger partial charge in [-0.1, -0.05) is 18.6 Å². The second-order valence-corrected chi connectivity index (χ2v) is 4.42. The van der Waals surface area contributed by atoms with Gasteiger partial charge in [0, 0.05) is 11.6 Å². The summed E-state index contributed by atoms with van der Waals surface area (Å²) in [6.07, 6.45) is -1.94. The minimum absolute atomic E-state index is 0.0236. The van der Waals surface area contributed by atoms with Gasteiger partial charge in [-0.15, -0.1) is 0 Å². The molecule has 0 amide bonds. The van der Waals surface area contributed by atoms with Crippen molar-refractivity contribution in [2.24, 2.45) is 11.7 Å². The zero-order valence-corrected chi connectivity index (χ0v) is 9.10. The van der Waals surface area contributed by atoms with Crippen molar-refractivity contribution >= 4 is 0 Å². The number of halogens is 4. The highest BCUT2D eigenvalue weighted by Gasteiger charge is 2.36. The Kier molecular flexibility index (Phi) is 3.12. The van der Waals surface area contributed by atoms with Crippen molar-refractivity contribution in [2.75, 3.05) is 0 Å². The average Bonchev–Trinajstić information content (AvgIpc) is 2.13. The molecule has 1 saturated carbocycles. The molecule has 2 N–H and O–H groups in total. The molecule has 0 bridgehead atoms. The number of alkyl halides is 3. The molecule has 0 saturated heterocycles. The molecular weight excluding hydrogens is 234 g/mol. The van der Waals surface area contributed by atoms with Gasteiger partial charge in [0.25, 0.3) is 0 Å². The van der Waals surface area contributed by atoms with E-state index in [2.05, 4.69) is 0 Å². The van der Waals surface area contributed by atoms with Crippen LogP contribution in [0.3, 0.4) is 0 Å². The SMILES string of the molecule is N[C@H](c1cccc(C(F)(F)F)c1F)C1CCC1. The van der Waals surface area contributed by atoms with E-state index in [0.29, 0.717) is 0 Å². The maximum atomic E-state index is 13.7. The van der Waals surface area contributed by atoms with Crippen molar-refractivity contribution in [2.45, 2.75) is 31.5 Å². The van der Waals surface area contributed by atoms with E-state index >= 15 is 0 Å². The largest absolute Gasteiger partial charge is 0.419 e. The Labute approximate surface area is 96.6 Å². The fraction of sp³-hybridized carbons (Fsp3) is 0.500. The van der Waals surface area contributed by atoms with Crippen LogP contribution in [0.5, 0.6) is 0 Å². The van der Waals surface area contributed by atoms with Gasteiger partial charge in [-0.05, 0) is 24.8 Å². The van der Waals surface area contributed by atoms with Crippen LogP contribution in [-0.4, -0.2) is 0 Å². The van der Waals surface area contributed by atoms with Crippen molar-refractivity contribution in [3.05, 3.63) is 35.1 Å². The first-order chi connectivity index (χ1) is 7.91. The summed E-state index contributed by atoms with van der Waals surface area (Å²) in [4.78, 5) is 0. The molecular formula is C12H13F4N. The molecule has 1 aromatic carbocycles. The summed E-state index contributed by atoms with van der Waals surface area (Å²) in [6.45, 7) is 0. The third kappa shape index (κ3) is 2.29. The van der Waals surface area contributed by atoms with Crippen LogP contribution in [-0.2, 0) is 6.18 Å². The Morgan fingerprint density at radius 3 is 2.35 bits per heavy atom. The highest BCUT2D eigenvalue weighted by molar-refractivity contribution is 5.30. The summed E-state index contributed by atoms with van der Waals surface area (Å²) >= 11 is 0. The number of benzene rings is 1. The highest BCUT2D eigenvalue weighted by atomic mass is 19.4. The predicted molar refractivity (Wildman–Crippen MR) is 55.7 cm³/mol. The minimum Gasteiger partial charge on any atom is -0.324 e. The Hall–Kier alpha value is -1.10. The van der Waals surface area contributed by atoms with Gasteiger partial charge in [-0.25, -0.2) is 4.39 Å². The Bertz CT molecular complexity index is 409. The van der Waals surface area contributed by atoms with Crippen molar-refractivity contribution in [3.63, 3.8) is 0 Å². The van der Waals surface area contributed by atoms with E-state index in [1.807, 2.05) is 0 Å². The van der Waals surface area contributed by atoms with Crippen LogP contribution < -0.4 is 5.73 Å². The van der Waals surface area contributed by atoms with Crippen LogP contribution in [0.4, 0.5) is 17.6 Å². The molecule has 2 rings (SSSR count). The fourth-order valence-corrected chi connectivity index (χ4v) is 2.08. The van der Waals surface area contributed by atoms with Gasteiger partial charge in [-0.2, -0.15) is 13.2 Å². The molecule has 1 atom stereocenters. The summed E-state index contributed by atoms with van der Waals surface area (Å²) in [7, 11) is 0. The fourth-order valence-electron chi connectivity index (χ4n) is 2.08. The minimum atomic E-state index is -4.67. The first kappa shape index (κ1) is 12.4. The first-order valence-corrected chi connectivity index (χ1v) is 5.52. The lowest BCUT2D eigenvalue weighted by atomic mass is 9.77. The standard InChI is InChI=1S/C12H13F4N/c13-10-8(11(17)7-3-1-4-7)5-2-6-9(10)12(14,15)16/h2,5-7,11H,1,3-4,17H2/t11-/m0/s1. The molecule has 94 valence electrons. The van der Waals surface area contributed by atoms with Crippen LogP contribution in [0.15, 0.2) is 18.2 Å². The number of rotatable bonds is 2. The number of hydrogen-bond donors (Lipinski definition) is 1. The van der Waals surface area contributed by atoms with Crippen molar-refractivity contribution < 1.29 is 17.6 Å². The van der Waals surface area contributed by atoms with Gasteiger partial charge in [-0.3, -0.25) is 0 Å². The Morgan fingerprint density at radius 2 is 1.88 bits per heavy atom. The van der Waals surface area contributed by atoms with Crippen molar-refractivity contribution in [1.82, 2.24) is 0 Å². The lowest BCUT2D eigenvalue weighted by Gasteiger charge is -2.32. The monoisotopic (exact) mass is 247 g/mol. The molecule has 1 nitrogen and oxygen atoms in total. The Balaban J connectivity index is 2.35. The van der Waals surface area contributed by atoms with Crippen LogP contribution in [0.2, 0.25) is 0 Å². The molecule has 1 aromatic rings. The van der Waals surface area contributed by atoms with Gasteiger partial charge in [0.1, 0.15) is 5.82 Å². The topological polar surface area (TPSA) is 26.0 Å². The smallest absolute Gasteiger partial charge is 0.324 e. The zero-order valence-electron chi connectivity index (χ0n) is 9.10. The van der Waals surface area contributed by atoms with E-state index in [9.17, 15) is 17.6 Å². The van der Waals surface area contributed by atoms with Gasteiger partial charge >= 0.3 is 6.18 Å². The third-order valence-corrected chi connectivity index (χ3v) is 3.35. The summed E-state index contributed by atoms with van der Waals surface area (Å²) in [5.41, 5.74) is 4.55. The molecule has 5 heteroatoms. The summed E-state index contributed by atoms with van der Waals surface area (Å²) in [6, 6.07) is 2.66. The molecule has 0 aliphatic heterocycles. The summed E-state index contributed by atoms with van der Waals surface area (Å²) in [5.74, 6) is -1.12. The van der Waals surface area contributed by atoms with Crippen LogP contribution >= 0.6 is 0 Å². The molecule has 0 heterocycles. The molecule has 0 spiro atoms. The second kappa shape index (κ2) is 4.29. The van der Waals surface area contributed by atoms with E-state index in [1.54, 1.807) is 0 Å². The summed E-state index contributed by atoms with van der Waals surface area (Å²) in [5, 5.41) is 0. The average molecular weight is 247 g/mol. The van der Waals surface area contributed by atoms with Gasteiger partial charge in [0.15, 0.2) is 0 Å². The number of hydrogen-bond acceptors (Lipinski definition) is 1. The summed E-state index contributed by atoms with van der Waals surface area (Å²) < 4.78 is 51.3. The van der Waals surface area contributed by atoms with Gasteiger partial charge < -0.3 is 5.73 Å². The molecule has 0 aromatic heterocycles. The second-order valence-electron chi connectivity index (χ2n) is 4.42. The van der Waals surface area contributed by atoms with E-state index < -0.39 is 23.6 Å². The van der Waals surface area contributed by atoms with Crippen LogP contribution in [0.25, 0.3) is 0 Å². The maximum absolute atomic E-state index is 13.7. The molecule has 0 radical (unpaired) electrons. The normalized spacial score (nSPS) is 18.9. The quantitative estimate of drug-likeness (QED) is 0.793. The van der Waals surface area contributed by atoms with Gasteiger partial charge in [0.05, 0.1) is 5.56 Å². The zero-order chi connectivity index (χ0) is 12.6. The maximum Gasteiger partial charge on any atom is 0.419 e. The van der Waals surface area contributed by atoms with Crippen molar-refractivity contribution in [1.29, 1.82) is 0 Å². The predicted octanol–water partition coefficient (Wildman–Crippen LogP) is 3.64.